The van der Waals surface area contributed by atoms with Crippen molar-refractivity contribution in [2.24, 2.45) is 0 Å². The molecule has 1 aliphatic rings. The smallest absolute Gasteiger partial charge is 0.211 e. The zero-order chi connectivity index (χ0) is 20.1. The largest absolute Gasteiger partial charge is 0.312 e. The van der Waals surface area contributed by atoms with Crippen LogP contribution in [0.3, 0.4) is 0 Å². The Labute approximate surface area is 167 Å². The maximum Gasteiger partial charge on any atom is 0.211 e. The molecule has 0 amide bonds. The van der Waals surface area contributed by atoms with E-state index in [4.69, 9.17) is 0 Å². The van der Waals surface area contributed by atoms with Crippen molar-refractivity contribution in [3.8, 4) is 0 Å². The number of carbonyl (C=O) groups excluding carboxylic acids is 3. The Morgan fingerprint density at radius 1 is 0.862 bits per heavy atom. The van der Waals surface area contributed by atoms with Crippen LogP contribution in [0.5, 0.6) is 0 Å². The highest BCUT2D eigenvalue weighted by Gasteiger charge is 2.37. The number of pyridine rings is 1. The van der Waals surface area contributed by atoms with Gasteiger partial charge in [0, 0.05) is 22.9 Å². The number of carbonyl (C=O) groups is 3. The Morgan fingerprint density at radius 3 is 2.21 bits per heavy atom. The molecule has 0 bridgehead atoms. The maximum absolute atomic E-state index is 13.5. The van der Waals surface area contributed by atoms with Crippen LogP contribution in [0.2, 0.25) is 0 Å². The van der Waals surface area contributed by atoms with Crippen molar-refractivity contribution in [1.82, 2.24) is 4.40 Å². The minimum Gasteiger partial charge on any atom is -0.312 e. The van der Waals surface area contributed by atoms with Crippen LogP contribution in [-0.2, 0) is 6.42 Å². The first-order valence-corrected chi connectivity index (χ1v) is 9.57. The number of aromatic nitrogens is 1. The third-order valence-corrected chi connectivity index (χ3v) is 5.53. The Balaban J connectivity index is 1.89. The Hall–Kier alpha value is -3.79. The van der Waals surface area contributed by atoms with Crippen LogP contribution in [0, 0.1) is 0 Å². The first-order chi connectivity index (χ1) is 14.1. The van der Waals surface area contributed by atoms with Crippen molar-refractivity contribution in [3.63, 3.8) is 0 Å². The maximum atomic E-state index is 13.5. The van der Waals surface area contributed by atoms with E-state index in [0.29, 0.717) is 27.8 Å². The van der Waals surface area contributed by atoms with Crippen LogP contribution in [0.15, 0.2) is 72.9 Å². The van der Waals surface area contributed by atoms with Crippen LogP contribution >= 0.6 is 0 Å². The Kier molecular flexibility index (Phi) is 3.81. The number of hydrogen-bond acceptors (Lipinski definition) is 3. The number of ketones is 3. The van der Waals surface area contributed by atoms with Crippen molar-refractivity contribution >= 4 is 22.9 Å². The second-order valence-electron chi connectivity index (χ2n) is 7.14. The molecule has 0 atom stereocenters. The summed E-state index contributed by atoms with van der Waals surface area (Å²) in [5.74, 6) is -0.768. The number of benzene rings is 2. The molecule has 4 heteroatoms. The molecule has 0 aliphatic heterocycles. The van der Waals surface area contributed by atoms with Gasteiger partial charge in [-0.15, -0.1) is 0 Å². The van der Waals surface area contributed by atoms with Crippen LogP contribution in [0.4, 0.5) is 0 Å². The lowest BCUT2D eigenvalue weighted by molar-refractivity contribution is 0.0970. The summed E-state index contributed by atoms with van der Waals surface area (Å²) in [6.45, 7) is 2.03. The fraction of sp³-hybridized carbons (Fsp3) is 0.0800. The zero-order valence-corrected chi connectivity index (χ0v) is 15.8. The molecular formula is C25H17NO3. The van der Waals surface area contributed by atoms with Crippen molar-refractivity contribution in [3.05, 3.63) is 112 Å². The van der Waals surface area contributed by atoms with Gasteiger partial charge in [-0.1, -0.05) is 61.5 Å². The van der Waals surface area contributed by atoms with Crippen LogP contribution in [0.25, 0.3) is 5.52 Å². The first-order valence-electron chi connectivity index (χ1n) is 9.57. The summed E-state index contributed by atoms with van der Waals surface area (Å²) in [7, 11) is 0. The molecule has 1 aliphatic carbocycles. The third-order valence-electron chi connectivity index (χ3n) is 5.53. The molecule has 5 rings (SSSR count). The van der Waals surface area contributed by atoms with Gasteiger partial charge < -0.3 is 4.40 Å². The molecule has 140 valence electrons. The van der Waals surface area contributed by atoms with Gasteiger partial charge in [0.15, 0.2) is 11.6 Å². The number of aryl methyl sites for hydroxylation is 1. The standard InChI is InChI=1S/C25H17NO3/c1-2-15-12-13-26-19(14-15)20(23(27)16-8-4-3-5-9-16)21-22(26)25(29)18-11-7-6-10-17(18)24(21)28/h3-14H,2H2,1H3. The van der Waals surface area contributed by atoms with Gasteiger partial charge in [0.2, 0.25) is 5.78 Å². The summed E-state index contributed by atoms with van der Waals surface area (Å²) in [6, 6.07) is 19.5. The molecule has 29 heavy (non-hydrogen) atoms. The molecule has 0 N–H and O–H groups in total. The van der Waals surface area contributed by atoms with Gasteiger partial charge in [-0.2, -0.15) is 0 Å². The molecule has 4 aromatic rings. The van der Waals surface area contributed by atoms with E-state index < -0.39 is 0 Å². The normalized spacial score (nSPS) is 12.7. The molecule has 0 saturated heterocycles. The quantitative estimate of drug-likeness (QED) is 0.434. The van der Waals surface area contributed by atoms with Gasteiger partial charge in [-0.25, -0.2) is 0 Å². The summed E-state index contributed by atoms with van der Waals surface area (Å²) in [5.41, 5.74) is 3.62. The minimum absolute atomic E-state index is 0.204. The number of nitrogens with zero attached hydrogens (tertiary/aromatic N) is 1. The van der Waals surface area contributed by atoms with E-state index in [2.05, 4.69) is 0 Å². The van der Waals surface area contributed by atoms with Gasteiger partial charge in [-0.3, -0.25) is 14.4 Å². The van der Waals surface area contributed by atoms with Gasteiger partial charge >= 0.3 is 0 Å². The lowest BCUT2D eigenvalue weighted by Crippen LogP contribution is -2.22. The fourth-order valence-electron chi connectivity index (χ4n) is 4.07. The van der Waals surface area contributed by atoms with Crippen molar-refractivity contribution in [2.45, 2.75) is 13.3 Å². The predicted octanol–water partition coefficient (Wildman–Crippen LogP) is 4.51. The second kappa shape index (κ2) is 6.38. The van der Waals surface area contributed by atoms with E-state index in [1.54, 1.807) is 59.1 Å². The van der Waals surface area contributed by atoms with E-state index in [1.807, 2.05) is 25.1 Å². The number of fused-ring (bicyclic) bond motifs is 4. The molecule has 4 nitrogen and oxygen atoms in total. The van der Waals surface area contributed by atoms with E-state index in [9.17, 15) is 14.4 Å². The van der Waals surface area contributed by atoms with Gasteiger partial charge in [0.1, 0.15) is 5.69 Å². The van der Waals surface area contributed by atoms with E-state index in [-0.39, 0.29) is 28.6 Å². The SMILES string of the molecule is CCc1ccn2c3c(c(C(=O)c4ccccc4)c2c1)C(=O)c1ccccc1C3=O. The molecule has 2 heterocycles. The average Bonchev–Trinajstić information content (AvgIpc) is 3.12. The van der Waals surface area contributed by atoms with Crippen LogP contribution in [0.1, 0.15) is 60.4 Å². The first kappa shape index (κ1) is 17.3. The monoisotopic (exact) mass is 379 g/mol. The van der Waals surface area contributed by atoms with Gasteiger partial charge in [0.05, 0.1) is 16.6 Å². The molecule has 0 saturated carbocycles. The van der Waals surface area contributed by atoms with Crippen molar-refractivity contribution in [2.75, 3.05) is 0 Å². The highest BCUT2D eigenvalue weighted by molar-refractivity contribution is 6.33. The van der Waals surface area contributed by atoms with Gasteiger partial charge in [-0.05, 0) is 24.1 Å². The molecule has 0 spiro atoms. The Bertz CT molecular complexity index is 1330. The molecule has 0 unspecified atom stereocenters. The van der Waals surface area contributed by atoms with Gasteiger partial charge in [0.25, 0.3) is 0 Å². The third kappa shape index (κ3) is 2.42. The molecule has 0 fully saturated rings. The fourth-order valence-corrected chi connectivity index (χ4v) is 4.07. The van der Waals surface area contributed by atoms with E-state index >= 15 is 0 Å². The van der Waals surface area contributed by atoms with Crippen LogP contribution < -0.4 is 0 Å². The number of hydrogen-bond donors (Lipinski definition) is 0. The molecular weight excluding hydrogens is 362 g/mol. The summed E-state index contributed by atoms with van der Waals surface area (Å²) in [5, 5.41) is 0. The average molecular weight is 379 g/mol. The lowest BCUT2D eigenvalue weighted by Gasteiger charge is -2.15. The lowest BCUT2D eigenvalue weighted by atomic mass is 9.85. The zero-order valence-electron chi connectivity index (χ0n) is 15.8. The second-order valence-corrected chi connectivity index (χ2v) is 7.14. The van der Waals surface area contributed by atoms with Crippen molar-refractivity contribution in [1.29, 1.82) is 0 Å². The summed E-state index contributed by atoms with van der Waals surface area (Å²) in [6.07, 6.45) is 2.57. The topological polar surface area (TPSA) is 55.6 Å². The van der Waals surface area contributed by atoms with E-state index in [0.717, 1.165) is 12.0 Å². The minimum atomic E-state index is -0.281. The highest BCUT2D eigenvalue weighted by Crippen LogP contribution is 2.35. The van der Waals surface area contributed by atoms with Crippen LogP contribution in [-0.4, -0.2) is 21.8 Å². The van der Waals surface area contributed by atoms with Crippen molar-refractivity contribution < 1.29 is 14.4 Å². The molecule has 2 aromatic carbocycles. The molecule has 0 radical (unpaired) electrons. The highest BCUT2D eigenvalue weighted by atomic mass is 16.1. The summed E-state index contributed by atoms with van der Waals surface area (Å²) >= 11 is 0. The van der Waals surface area contributed by atoms with E-state index in [1.165, 1.54) is 0 Å². The summed E-state index contributed by atoms with van der Waals surface area (Å²) in [4.78, 5) is 40.2. The Morgan fingerprint density at radius 2 is 1.52 bits per heavy atom. The molecule has 2 aromatic heterocycles. The number of rotatable bonds is 3. The summed E-state index contributed by atoms with van der Waals surface area (Å²) < 4.78 is 1.70. The predicted molar refractivity (Wildman–Crippen MR) is 110 cm³/mol.